The zero-order valence-corrected chi connectivity index (χ0v) is 28.4. The van der Waals surface area contributed by atoms with E-state index in [4.69, 9.17) is 15.0 Å². The molecule has 0 spiro atoms. The molecule has 240 valence electrons. The van der Waals surface area contributed by atoms with Crippen LogP contribution in [0.2, 0.25) is 0 Å². The Labute approximate surface area is 297 Å². The van der Waals surface area contributed by atoms with E-state index in [2.05, 4.69) is 159 Å². The molecule has 9 aromatic rings. The summed E-state index contributed by atoms with van der Waals surface area (Å²) in [7, 11) is 0. The average molecular weight is 652 g/mol. The van der Waals surface area contributed by atoms with E-state index in [1.165, 1.54) is 60.1 Å². The van der Waals surface area contributed by atoms with Gasteiger partial charge in [-0.15, -0.1) is 0 Å². The van der Waals surface area contributed by atoms with Crippen LogP contribution in [0.25, 0.3) is 88.7 Å². The van der Waals surface area contributed by atoms with Gasteiger partial charge in [-0.3, -0.25) is 0 Å². The van der Waals surface area contributed by atoms with E-state index >= 15 is 0 Å². The Balaban J connectivity index is 1.12. The number of aromatic nitrogens is 3. The molecule has 1 aliphatic rings. The van der Waals surface area contributed by atoms with Crippen molar-refractivity contribution < 1.29 is 0 Å². The van der Waals surface area contributed by atoms with E-state index < -0.39 is 0 Å². The molecule has 3 heteroatoms. The maximum atomic E-state index is 5.14. The van der Waals surface area contributed by atoms with Crippen LogP contribution in [-0.4, -0.2) is 15.0 Å². The van der Waals surface area contributed by atoms with Crippen molar-refractivity contribution in [1.82, 2.24) is 15.0 Å². The molecule has 0 unspecified atom stereocenters. The van der Waals surface area contributed by atoms with Crippen molar-refractivity contribution in [3.63, 3.8) is 0 Å². The zero-order valence-electron chi connectivity index (χ0n) is 28.4. The van der Waals surface area contributed by atoms with E-state index in [9.17, 15) is 0 Å². The van der Waals surface area contributed by atoms with Gasteiger partial charge in [0.05, 0.1) is 0 Å². The molecule has 3 nitrogen and oxygen atoms in total. The largest absolute Gasteiger partial charge is 0.208 e. The molecule has 10 rings (SSSR count). The Morgan fingerprint density at radius 2 is 0.922 bits per heavy atom. The second-order valence-corrected chi connectivity index (χ2v) is 14.0. The van der Waals surface area contributed by atoms with Crippen molar-refractivity contribution in [1.29, 1.82) is 0 Å². The molecule has 0 aliphatic heterocycles. The van der Waals surface area contributed by atoms with E-state index in [0.29, 0.717) is 17.5 Å². The number of rotatable bonds is 4. The summed E-state index contributed by atoms with van der Waals surface area (Å²) >= 11 is 0. The summed E-state index contributed by atoms with van der Waals surface area (Å²) in [6.45, 7) is 4.61. The van der Waals surface area contributed by atoms with E-state index in [1.54, 1.807) is 0 Å². The van der Waals surface area contributed by atoms with Crippen LogP contribution in [0.4, 0.5) is 0 Å². The number of hydrogen-bond donors (Lipinski definition) is 0. The van der Waals surface area contributed by atoms with Gasteiger partial charge in [0, 0.05) is 22.1 Å². The van der Waals surface area contributed by atoms with Crippen LogP contribution in [0.5, 0.6) is 0 Å². The summed E-state index contributed by atoms with van der Waals surface area (Å²) in [4.78, 5) is 15.2. The molecule has 8 aromatic carbocycles. The van der Waals surface area contributed by atoms with Gasteiger partial charge >= 0.3 is 0 Å². The minimum absolute atomic E-state index is 0.117. The first-order chi connectivity index (χ1) is 25.0. The van der Waals surface area contributed by atoms with Crippen molar-refractivity contribution in [2.24, 2.45) is 0 Å². The monoisotopic (exact) mass is 651 g/mol. The van der Waals surface area contributed by atoms with Gasteiger partial charge in [0.15, 0.2) is 17.5 Å². The summed E-state index contributed by atoms with van der Waals surface area (Å²) in [5, 5.41) is 7.50. The SMILES string of the molecule is CC1(C)c2ccccc2-c2ccc(-c3nc(-c4ccccc4)nc(-c4ccc(-c5c6ccccc6cc6c5ccc5ccccc56)cc4)n3)cc21. The van der Waals surface area contributed by atoms with Crippen molar-refractivity contribution in [3.8, 4) is 56.4 Å². The molecule has 0 atom stereocenters. The number of hydrogen-bond acceptors (Lipinski definition) is 3. The lowest BCUT2D eigenvalue weighted by Crippen LogP contribution is -2.15. The molecule has 0 saturated carbocycles. The minimum Gasteiger partial charge on any atom is -0.208 e. The molecule has 0 bridgehead atoms. The molecule has 0 fully saturated rings. The highest BCUT2D eigenvalue weighted by Crippen LogP contribution is 2.49. The maximum absolute atomic E-state index is 5.14. The molecular weight excluding hydrogens is 619 g/mol. The van der Waals surface area contributed by atoms with Gasteiger partial charge < -0.3 is 0 Å². The van der Waals surface area contributed by atoms with Gasteiger partial charge in [-0.25, -0.2) is 15.0 Å². The minimum atomic E-state index is -0.117. The molecule has 1 aromatic heterocycles. The maximum Gasteiger partial charge on any atom is 0.164 e. The third-order valence-corrected chi connectivity index (χ3v) is 10.7. The van der Waals surface area contributed by atoms with Gasteiger partial charge in [-0.05, 0) is 77.8 Å². The fourth-order valence-corrected chi connectivity index (χ4v) is 8.11. The summed E-state index contributed by atoms with van der Waals surface area (Å²) in [5.41, 5.74) is 10.4. The molecule has 0 saturated heterocycles. The third-order valence-electron chi connectivity index (χ3n) is 10.7. The predicted molar refractivity (Wildman–Crippen MR) is 212 cm³/mol. The Hall–Kier alpha value is -6.45. The van der Waals surface area contributed by atoms with Gasteiger partial charge in [-0.1, -0.05) is 166 Å². The molecular formula is C48H33N3. The normalized spacial score (nSPS) is 13.1. The van der Waals surface area contributed by atoms with Gasteiger partial charge in [0.2, 0.25) is 0 Å². The molecule has 1 aliphatic carbocycles. The van der Waals surface area contributed by atoms with E-state index in [-0.39, 0.29) is 5.41 Å². The summed E-state index contributed by atoms with van der Waals surface area (Å²) in [5.74, 6) is 1.99. The zero-order chi connectivity index (χ0) is 34.1. The molecule has 1 heterocycles. The predicted octanol–water partition coefficient (Wildman–Crippen LogP) is 12.3. The first-order valence-corrected chi connectivity index (χ1v) is 17.5. The van der Waals surface area contributed by atoms with Crippen LogP contribution >= 0.6 is 0 Å². The first kappa shape index (κ1) is 29.5. The van der Waals surface area contributed by atoms with Crippen molar-refractivity contribution in [2.75, 3.05) is 0 Å². The summed E-state index contributed by atoms with van der Waals surface area (Å²) < 4.78 is 0. The highest BCUT2D eigenvalue weighted by Gasteiger charge is 2.35. The second kappa shape index (κ2) is 11.3. The second-order valence-electron chi connectivity index (χ2n) is 14.0. The highest BCUT2D eigenvalue weighted by molar-refractivity contribution is 6.20. The summed E-state index contributed by atoms with van der Waals surface area (Å²) in [6.07, 6.45) is 0. The number of nitrogens with zero attached hydrogens (tertiary/aromatic N) is 3. The Bertz CT molecular complexity index is 2820. The third kappa shape index (κ3) is 4.69. The fourth-order valence-electron chi connectivity index (χ4n) is 8.11. The van der Waals surface area contributed by atoms with E-state index in [0.717, 1.165) is 22.3 Å². The van der Waals surface area contributed by atoms with Crippen LogP contribution in [0, 0.1) is 0 Å². The van der Waals surface area contributed by atoms with Crippen LogP contribution in [-0.2, 0) is 5.41 Å². The fraction of sp³-hybridized carbons (Fsp3) is 0.0625. The quantitative estimate of drug-likeness (QED) is 0.140. The Kier molecular flexibility index (Phi) is 6.53. The number of fused-ring (bicyclic) bond motifs is 7. The van der Waals surface area contributed by atoms with E-state index in [1.807, 2.05) is 18.2 Å². The molecule has 0 N–H and O–H groups in total. The van der Waals surface area contributed by atoms with Gasteiger partial charge in [-0.2, -0.15) is 0 Å². The Morgan fingerprint density at radius 3 is 1.71 bits per heavy atom. The van der Waals surface area contributed by atoms with Crippen LogP contribution < -0.4 is 0 Å². The lowest BCUT2D eigenvalue weighted by atomic mass is 9.82. The topological polar surface area (TPSA) is 38.7 Å². The smallest absolute Gasteiger partial charge is 0.164 e. The van der Waals surface area contributed by atoms with Crippen LogP contribution in [0.15, 0.2) is 164 Å². The molecule has 0 amide bonds. The van der Waals surface area contributed by atoms with Gasteiger partial charge in [0.1, 0.15) is 0 Å². The Morgan fingerprint density at radius 1 is 0.353 bits per heavy atom. The van der Waals surface area contributed by atoms with Crippen LogP contribution in [0.1, 0.15) is 25.0 Å². The summed E-state index contributed by atoms with van der Waals surface area (Å²) in [6, 6.07) is 58.5. The molecule has 51 heavy (non-hydrogen) atoms. The first-order valence-electron chi connectivity index (χ1n) is 17.5. The van der Waals surface area contributed by atoms with Crippen molar-refractivity contribution in [3.05, 3.63) is 175 Å². The standard InChI is InChI=1S/C48H33N3/c1-48(2)42-19-11-10-18-38(42)39-26-25-35(29-43(39)48)47-50-45(32-13-4-3-5-14-32)49-46(51-47)33-22-20-31(21-23-33)44-37-17-9-7-15-34(37)28-41-36-16-8-6-12-30(36)24-27-40(41)44/h3-29H,1-2H3. The van der Waals surface area contributed by atoms with Gasteiger partial charge in [0.25, 0.3) is 0 Å². The molecule has 0 radical (unpaired) electrons. The lowest BCUT2D eigenvalue weighted by Gasteiger charge is -2.21. The van der Waals surface area contributed by atoms with Crippen molar-refractivity contribution in [2.45, 2.75) is 19.3 Å². The van der Waals surface area contributed by atoms with Crippen molar-refractivity contribution >= 4 is 32.3 Å². The lowest BCUT2D eigenvalue weighted by molar-refractivity contribution is 0.660. The average Bonchev–Trinajstić information content (AvgIpc) is 3.42. The number of benzene rings is 8. The highest BCUT2D eigenvalue weighted by atomic mass is 15.0. The van der Waals surface area contributed by atoms with Crippen LogP contribution in [0.3, 0.4) is 0 Å².